The molecule has 4 aromatic rings. The van der Waals surface area contributed by atoms with Gasteiger partial charge in [0.25, 0.3) is 0 Å². The molecule has 0 bridgehead atoms. The molecule has 0 aliphatic carbocycles. The zero-order chi connectivity index (χ0) is 31.7. The average Bonchev–Trinajstić information content (AvgIpc) is 3.08. The fraction of sp³-hybridized carbons (Fsp3) is 0.421. The molecule has 1 N–H and O–H groups in total. The standard InChI is InChI=1S/C38H47N3O4/c1-3-5-7-9-11-19-27-44-38(43)34(24-18-10-8-6-4-2)45-31-25-26-32(33(42)28-31)37-40-35(29-20-14-12-15-21-29)39-36(41-37)30-22-16-13-17-23-30/h12-17,20-23,25-26,28,34,42H,3-11,18-19,24,27H2,1-2H3. The third-order valence-electron chi connectivity index (χ3n) is 7.76. The number of ether oxygens (including phenoxy) is 2. The molecule has 3 aromatic carbocycles. The summed E-state index contributed by atoms with van der Waals surface area (Å²) < 4.78 is 11.8. The molecule has 0 amide bonds. The number of hydrogen-bond donors (Lipinski definition) is 1. The van der Waals surface area contributed by atoms with Gasteiger partial charge in [-0.05, 0) is 31.4 Å². The van der Waals surface area contributed by atoms with Gasteiger partial charge in [-0.1, -0.05) is 132 Å². The summed E-state index contributed by atoms with van der Waals surface area (Å²) >= 11 is 0. The van der Waals surface area contributed by atoms with Gasteiger partial charge in [-0.3, -0.25) is 0 Å². The highest BCUT2D eigenvalue weighted by Gasteiger charge is 2.23. The van der Waals surface area contributed by atoms with Crippen molar-refractivity contribution < 1.29 is 19.4 Å². The number of esters is 1. The highest BCUT2D eigenvalue weighted by molar-refractivity contribution is 5.75. The smallest absolute Gasteiger partial charge is 0.347 e. The molecule has 1 aromatic heterocycles. The van der Waals surface area contributed by atoms with Crippen LogP contribution >= 0.6 is 0 Å². The Bertz CT molecular complexity index is 1390. The van der Waals surface area contributed by atoms with E-state index in [4.69, 9.17) is 24.4 Å². The van der Waals surface area contributed by atoms with Gasteiger partial charge in [0.15, 0.2) is 23.6 Å². The zero-order valence-electron chi connectivity index (χ0n) is 26.8. The maximum Gasteiger partial charge on any atom is 0.347 e. The van der Waals surface area contributed by atoms with Crippen molar-refractivity contribution in [1.82, 2.24) is 15.0 Å². The van der Waals surface area contributed by atoms with E-state index in [1.54, 1.807) is 12.1 Å². The second-order valence-corrected chi connectivity index (χ2v) is 11.5. The van der Waals surface area contributed by atoms with Gasteiger partial charge in [0.2, 0.25) is 0 Å². The molecule has 0 saturated heterocycles. The van der Waals surface area contributed by atoms with Gasteiger partial charge >= 0.3 is 5.97 Å². The normalized spacial score (nSPS) is 11.7. The van der Waals surface area contributed by atoms with Crippen molar-refractivity contribution in [1.29, 1.82) is 0 Å². The van der Waals surface area contributed by atoms with E-state index in [0.717, 1.165) is 56.1 Å². The highest BCUT2D eigenvalue weighted by Crippen LogP contribution is 2.33. The topological polar surface area (TPSA) is 94.4 Å². The van der Waals surface area contributed by atoms with Crippen molar-refractivity contribution >= 4 is 5.97 Å². The Morgan fingerprint density at radius 3 is 1.78 bits per heavy atom. The second-order valence-electron chi connectivity index (χ2n) is 11.5. The number of aromatic nitrogens is 3. The van der Waals surface area contributed by atoms with Crippen LogP contribution in [0.1, 0.15) is 90.9 Å². The van der Waals surface area contributed by atoms with Gasteiger partial charge in [0.1, 0.15) is 11.5 Å². The lowest BCUT2D eigenvalue weighted by Crippen LogP contribution is -2.29. The molecular formula is C38H47N3O4. The van der Waals surface area contributed by atoms with Crippen LogP contribution in [0.25, 0.3) is 34.2 Å². The van der Waals surface area contributed by atoms with Crippen LogP contribution in [0.4, 0.5) is 0 Å². The minimum Gasteiger partial charge on any atom is -0.507 e. The van der Waals surface area contributed by atoms with E-state index in [2.05, 4.69) is 13.8 Å². The van der Waals surface area contributed by atoms with Crippen molar-refractivity contribution in [2.24, 2.45) is 0 Å². The number of aromatic hydroxyl groups is 1. The van der Waals surface area contributed by atoms with Crippen molar-refractivity contribution in [3.05, 3.63) is 78.9 Å². The van der Waals surface area contributed by atoms with Gasteiger partial charge in [0, 0.05) is 17.2 Å². The second kappa shape index (κ2) is 18.5. The van der Waals surface area contributed by atoms with Crippen LogP contribution in [0.3, 0.4) is 0 Å². The van der Waals surface area contributed by atoms with Crippen molar-refractivity contribution in [2.45, 2.75) is 97.0 Å². The minimum absolute atomic E-state index is 0.0427. The van der Waals surface area contributed by atoms with Gasteiger partial charge in [-0.25, -0.2) is 19.7 Å². The Morgan fingerprint density at radius 1 is 0.667 bits per heavy atom. The van der Waals surface area contributed by atoms with Crippen LogP contribution in [0, 0.1) is 0 Å². The summed E-state index contributed by atoms with van der Waals surface area (Å²) in [7, 11) is 0. The summed E-state index contributed by atoms with van der Waals surface area (Å²) in [5, 5.41) is 11.2. The van der Waals surface area contributed by atoms with E-state index in [1.165, 1.54) is 31.7 Å². The van der Waals surface area contributed by atoms with Gasteiger partial charge in [-0.15, -0.1) is 0 Å². The first-order valence-corrected chi connectivity index (χ1v) is 16.6. The summed E-state index contributed by atoms with van der Waals surface area (Å²) in [4.78, 5) is 27.2. The van der Waals surface area contributed by atoms with Crippen LogP contribution in [0.5, 0.6) is 11.5 Å². The number of phenolic OH excluding ortho intramolecular Hbond substituents is 1. The minimum atomic E-state index is -0.733. The SMILES string of the molecule is CCCCCCCCOC(=O)C(CCCCCCC)Oc1ccc(-c2nc(-c3ccccc3)nc(-c3ccccc3)n2)c(O)c1. The van der Waals surface area contributed by atoms with Crippen LogP contribution in [-0.4, -0.2) is 38.7 Å². The molecule has 1 heterocycles. The Kier molecular flexibility index (Phi) is 13.8. The van der Waals surface area contributed by atoms with Crippen LogP contribution in [0.2, 0.25) is 0 Å². The largest absolute Gasteiger partial charge is 0.507 e. The Morgan fingerprint density at radius 2 is 1.20 bits per heavy atom. The predicted octanol–water partition coefficient (Wildman–Crippen LogP) is 9.59. The maximum atomic E-state index is 13.1. The number of phenols is 1. The molecule has 0 spiro atoms. The van der Waals surface area contributed by atoms with Crippen LogP contribution in [-0.2, 0) is 9.53 Å². The summed E-state index contributed by atoms with van der Waals surface area (Å²) in [6, 6.07) is 24.4. The number of carbonyl (C=O) groups is 1. The lowest BCUT2D eigenvalue weighted by molar-refractivity contribution is -0.152. The molecule has 238 valence electrons. The number of nitrogens with zero attached hydrogens (tertiary/aromatic N) is 3. The molecule has 4 rings (SSSR count). The molecule has 1 atom stereocenters. The van der Waals surface area contributed by atoms with E-state index in [9.17, 15) is 9.90 Å². The molecule has 7 nitrogen and oxygen atoms in total. The number of unbranched alkanes of at least 4 members (excludes halogenated alkanes) is 9. The van der Waals surface area contributed by atoms with E-state index in [0.29, 0.717) is 41.8 Å². The van der Waals surface area contributed by atoms with E-state index in [-0.39, 0.29) is 11.7 Å². The van der Waals surface area contributed by atoms with Crippen molar-refractivity contribution in [3.63, 3.8) is 0 Å². The van der Waals surface area contributed by atoms with Crippen molar-refractivity contribution in [3.8, 4) is 45.7 Å². The monoisotopic (exact) mass is 609 g/mol. The quantitative estimate of drug-likeness (QED) is 0.0835. The van der Waals surface area contributed by atoms with Crippen molar-refractivity contribution in [2.75, 3.05) is 6.61 Å². The molecule has 0 saturated carbocycles. The molecule has 0 radical (unpaired) electrons. The number of carbonyl (C=O) groups excluding carboxylic acids is 1. The van der Waals surface area contributed by atoms with E-state index < -0.39 is 6.10 Å². The number of benzene rings is 3. The fourth-order valence-electron chi connectivity index (χ4n) is 5.17. The molecule has 7 heteroatoms. The molecule has 0 fully saturated rings. The first kappa shape index (κ1) is 33.6. The third kappa shape index (κ3) is 10.7. The summed E-state index contributed by atoms with van der Waals surface area (Å²) in [6.45, 7) is 4.79. The van der Waals surface area contributed by atoms with Gasteiger partial charge in [-0.2, -0.15) is 0 Å². The van der Waals surface area contributed by atoms with Crippen LogP contribution in [0.15, 0.2) is 78.9 Å². The van der Waals surface area contributed by atoms with Gasteiger partial charge in [0.05, 0.1) is 12.2 Å². The lowest BCUT2D eigenvalue weighted by atomic mass is 10.1. The molecule has 45 heavy (non-hydrogen) atoms. The summed E-state index contributed by atoms with van der Waals surface area (Å²) in [6.07, 6.45) is 12.0. The van der Waals surface area contributed by atoms with Crippen LogP contribution < -0.4 is 4.74 Å². The third-order valence-corrected chi connectivity index (χ3v) is 7.76. The Hall–Kier alpha value is -4.26. The first-order valence-electron chi connectivity index (χ1n) is 16.6. The fourth-order valence-corrected chi connectivity index (χ4v) is 5.17. The summed E-state index contributed by atoms with van der Waals surface area (Å²) in [5.74, 6) is 1.37. The van der Waals surface area contributed by atoms with E-state index >= 15 is 0 Å². The maximum absolute atomic E-state index is 13.1. The molecular weight excluding hydrogens is 562 g/mol. The highest BCUT2D eigenvalue weighted by atomic mass is 16.6. The van der Waals surface area contributed by atoms with E-state index in [1.807, 2.05) is 60.7 Å². The number of hydrogen-bond acceptors (Lipinski definition) is 7. The predicted molar refractivity (Wildman–Crippen MR) is 180 cm³/mol. The lowest BCUT2D eigenvalue weighted by Gasteiger charge is -2.19. The first-order chi connectivity index (χ1) is 22.1. The number of rotatable bonds is 19. The molecule has 0 aliphatic rings. The zero-order valence-corrected chi connectivity index (χ0v) is 26.8. The summed E-state index contributed by atoms with van der Waals surface area (Å²) in [5.41, 5.74) is 2.14. The Balaban J connectivity index is 1.51. The molecule has 0 aliphatic heterocycles. The molecule has 1 unspecified atom stereocenters. The average molecular weight is 610 g/mol. The Labute approximate surface area is 268 Å². The van der Waals surface area contributed by atoms with Gasteiger partial charge < -0.3 is 14.6 Å².